The molecule has 1 unspecified atom stereocenters. The topological polar surface area (TPSA) is 111 Å². The number of hydrogen-bond acceptors (Lipinski definition) is 3. The highest BCUT2D eigenvalue weighted by atomic mass is 16.2. The standard InChI is InChI=1S/C6H10N4O2/c7-6(8)9-3-1-2-4(11)10-5(3)12/h3H,1-2H2,(H4,7,8,9)(H,10,11,12). The van der Waals surface area contributed by atoms with E-state index in [9.17, 15) is 9.59 Å². The van der Waals surface area contributed by atoms with Crippen molar-refractivity contribution in [3.05, 3.63) is 0 Å². The lowest BCUT2D eigenvalue weighted by Crippen LogP contribution is -2.44. The summed E-state index contributed by atoms with van der Waals surface area (Å²) in [5.74, 6) is -0.841. The lowest BCUT2D eigenvalue weighted by molar-refractivity contribution is -0.133. The van der Waals surface area contributed by atoms with E-state index in [4.69, 9.17) is 11.5 Å². The fourth-order valence-corrected chi connectivity index (χ4v) is 0.985. The zero-order valence-electron chi connectivity index (χ0n) is 6.41. The van der Waals surface area contributed by atoms with Crippen LogP contribution in [-0.4, -0.2) is 23.8 Å². The third-order valence-corrected chi connectivity index (χ3v) is 1.52. The van der Waals surface area contributed by atoms with Crippen molar-refractivity contribution in [1.29, 1.82) is 0 Å². The number of imide groups is 1. The van der Waals surface area contributed by atoms with Crippen molar-refractivity contribution in [1.82, 2.24) is 5.32 Å². The molecule has 0 spiro atoms. The number of nitrogens with two attached hydrogens (primary N) is 2. The van der Waals surface area contributed by atoms with Crippen molar-refractivity contribution < 1.29 is 9.59 Å². The summed E-state index contributed by atoms with van der Waals surface area (Å²) in [6.07, 6.45) is 0.662. The molecular formula is C6H10N4O2. The minimum atomic E-state index is -0.604. The lowest BCUT2D eigenvalue weighted by atomic mass is 10.1. The molecule has 0 bridgehead atoms. The van der Waals surface area contributed by atoms with Crippen molar-refractivity contribution >= 4 is 17.8 Å². The van der Waals surface area contributed by atoms with Gasteiger partial charge in [0.2, 0.25) is 5.91 Å². The second-order valence-corrected chi connectivity index (χ2v) is 2.52. The first-order chi connectivity index (χ1) is 5.59. The summed E-state index contributed by atoms with van der Waals surface area (Å²) in [4.78, 5) is 25.3. The van der Waals surface area contributed by atoms with Crippen LogP contribution in [0.15, 0.2) is 4.99 Å². The van der Waals surface area contributed by atoms with Gasteiger partial charge >= 0.3 is 0 Å². The minimum Gasteiger partial charge on any atom is -0.370 e. The predicted octanol–water partition coefficient (Wildman–Crippen LogP) is -1.93. The molecule has 1 aliphatic rings. The Hall–Kier alpha value is -1.59. The number of rotatable bonds is 1. The average molecular weight is 170 g/mol. The molecule has 1 fully saturated rings. The van der Waals surface area contributed by atoms with E-state index in [1.165, 1.54) is 0 Å². The molecule has 1 atom stereocenters. The van der Waals surface area contributed by atoms with Crippen LogP contribution in [0.3, 0.4) is 0 Å². The Morgan fingerprint density at radius 1 is 1.50 bits per heavy atom. The van der Waals surface area contributed by atoms with E-state index in [0.29, 0.717) is 6.42 Å². The van der Waals surface area contributed by atoms with Gasteiger partial charge in [-0.15, -0.1) is 0 Å². The summed E-state index contributed by atoms with van der Waals surface area (Å²) in [6, 6.07) is -0.604. The van der Waals surface area contributed by atoms with Crippen molar-refractivity contribution in [3.8, 4) is 0 Å². The smallest absolute Gasteiger partial charge is 0.251 e. The number of carbonyl (C=O) groups is 2. The Balaban J connectivity index is 2.63. The number of aliphatic imine (C=N–C) groups is 1. The van der Waals surface area contributed by atoms with Crippen molar-refractivity contribution in [2.24, 2.45) is 16.5 Å². The summed E-state index contributed by atoms with van der Waals surface area (Å²) in [5, 5.41) is 2.14. The zero-order chi connectivity index (χ0) is 9.14. The maximum absolute atomic E-state index is 11.0. The number of nitrogens with one attached hydrogen (secondary N) is 1. The molecule has 0 aliphatic carbocycles. The molecule has 0 radical (unpaired) electrons. The number of amides is 2. The number of carbonyl (C=O) groups excluding carboxylic acids is 2. The van der Waals surface area contributed by atoms with Crippen LogP contribution in [0.4, 0.5) is 0 Å². The van der Waals surface area contributed by atoms with Gasteiger partial charge in [0, 0.05) is 6.42 Å². The first-order valence-electron chi connectivity index (χ1n) is 3.52. The Kier molecular flexibility index (Phi) is 2.27. The fraction of sp³-hybridized carbons (Fsp3) is 0.500. The van der Waals surface area contributed by atoms with Gasteiger partial charge in [-0.05, 0) is 6.42 Å². The molecule has 1 saturated heterocycles. The van der Waals surface area contributed by atoms with Crippen LogP contribution in [0.25, 0.3) is 0 Å². The average Bonchev–Trinajstić information content (AvgIpc) is 1.94. The Labute approximate surface area is 69.0 Å². The van der Waals surface area contributed by atoms with Crippen LogP contribution >= 0.6 is 0 Å². The van der Waals surface area contributed by atoms with E-state index in [2.05, 4.69) is 10.3 Å². The first kappa shape index (κ1) is 8.51. The van der Waals surface area contributed by atoms with E-state index in [0.717, 1.165) is 0 Å². The van der Waals surface area contributed by atoms with Crippen molar-refractivity contribution in [2.45, 2.75) is 18.9 Å². The Bertz CT molecular complexity index is 244. The molecule has 1 heterocycles. The second-order valence-electron chi connectivity index (χ2n) is 2.52. The van der Waals surface area contributed by atoms with Crippen molar-refractivity contribution in [3.63, 3.8) is 0 Å². The van der Waals surface area contributed by atoms with Crippen LogP contribution in [0, 0.1) is 0 Å². The van der Waals surface area contributed by atoms with Crippen LogP contribution in [0.2, 0.25) is 0 Å². The molecule has 66 valence electrons. The van der Waals surface area contributed by atoms with Gasteiger partial charge in [-0.1, -0.05) is 0 Å². The molecule has 0 aromatic rings. The van der Waals surface area contributed by atoms with Gasteiger partial charge in [0.15, 0.2) is 5.96 Å². The number of nitrogens with zero attached hydrogens (tertiary/aromatic N) is 1. The van der Waals surface area contributed by atoms with Gasteiger partial charge < -0.3 is 11.5 Å². The van der Waals surface area contributed by atoms with Gasteiger partial charge in [0.1, 0.15) is 6.04 Å². The number of hydrogen-bond donors (Lipinski definition) is 3. The quantitative estimate of drug-likeness (QED) is 0.241. The van der Waals surface area contributed by atoms with Crippen molar-refractivity contribution in [2.75, 3.05) is 0 Å². The highest BCUT2D eigenvalue weighted by molar-refractivity contribution is 6.01. The van der Waals surface area contributed by atoms with Gasteiger partial charge in [0.05, 0.1) is 0 Å². The number of guanidine groups is 1. The molecule has 0 aromatic carbocycles. The Morgan fingerprint density at radius 3 is 2.67 bits per heavy atom. The molecule has 1 rings (SSSR count). The molecule has 2 amide bonds. The van der Waals surface area contributed by atoms with Crippen LogP contribution in [0.1, 0.15) is 12.8 Å². The maximum atomic E-state index is 11.0. The molecular weight excluding hydrogens is 160 g/mol. The molecule has 12 heavy (non-hydrogen) atoms. The largest absolute Gasteiger partial charge is 0.370 e. The molecule has 1 aliphatic heterocycles. The predicted molar refractivity (Wildman–Crippen MR) is 42.0 cm³/mol. The Morgan fingerprint density at radius 2 is 2.17 bits per heavy atom. The minimum absolute atomic E-state index is 0.135. The monoisotopic (exact) mass is 170 g/mol. The summed E-state index contributed by atoms with van der Waals surface area (Å²) < 4.78 is 0. The summed E-state index contributed by atoms with van der Waals surface area (Å²) >= 11 is 0. The summed E-state index contributed by atoms with van der Waals surface area (Å²) in [5.41, 5.74) is 10.2. The van der Waals surface area contributed by atoms with E-state index < -0.39 is 11.9 Å². The highest BCUT2D eigenvalue weighted by Gasteiger charge is 2.25. The summed E-state index contributed by atoms with van der Waals surface area (Å²) in [6.45, 7) is 0. The third-order valence-electron chi connectivity index (χ3n) is 1.52. The van der Waals surface area contributed by atoms with Crippen LogP contribution in [-0.2, 0) is 9.59 Å². The van der Waals surface area contributed by atoms with Crippen LogP contribution < -0.4 is 16.8 Å². The van der Waals surface area contributed by atoms with Crippen LogP contribution in [0.5, 0.6) is 0 Å². The van der Waals surface area contributed by atoms with Gasteiger partial charge in [0.25, 0.3) is 5.91 Å². The molecule has 0 aromatic heterocycles. The van der Waals surface area contributed by atoms with Gasteiger partial charge in [-0.3, -0.25) is 14.9 Å². The van der Waals surface area contributed by atoms with Gasteiger partial charge in [-0.25, -0.2) is 4.99 Å². The molecule has 6 nitrogen and oxygen atoms in total. The van der Waals surface area contributed by atoms with E-state index in [1.807, 2.05) is 0 Å². The normalized spacial score (nSPS) is 23.2. The lowest BCUT2D eigenvalue weighted by Gasteiger charge is -2.16. The van der Waals surface area contributed by atoms with E-state index in [-0.39, 0.29) is 18.3 Å². The fourth-order valence-electron chi connectivity index (χ4n) is 0.985. The molecule has 5 N–H and O–H groups in total. The summed E-state index contributed by atoms with van der Waals surface area (Å²) in [7, 11) is 0. The second kappa shape index (κ2) is 3.21. The highest BCUT2D eigenvalue weighted by Crippen LogP contribution is 2.07. The zero-order valence-corrected chi connectivity index (χ0v) is 6.41. The first-order valence-corrected chi connectivity index (χ1v) is 3.52. The maximum Gasteiger partial charge on any atom is 0.251 e. The van der Waals surface area contributed by atoms with Gasteiger partial charge in [-0.2, -0.15) is 0 Å². The molecule has 0 saturated carbocycles. The molecule has 6 heteroatoms. The number of piperidine rings is 1. The van der Waals surface area contributed by atoms with E-state index >= 15 is 0 Å². The SMILES string of the molecule is NC(N)=NC1CCC(=O)NC1=O. The third kappa shape index (κ3) is 1.94. The van der Waals surface area contributed by atoms with E-state index in [1.54, 1.807) is 0 Å².